The Hall–Kier alpha value is -0.340. The normalized spacial score (nSPS) is 13.7. The highest BCUT2D eigenvalue weighted by molar-refractivity contribution is 7.10. The highest BCUT2D eigenvalue weighted by Crippen LogP contribution is 2.19. The van der Waals surface area contributed by atoms with E-state index < -0.39 is 0 Å². The summed E-state index contributed by atoms with van der Waals surface area (Å²) in [4.78, 5) is 1.46. The minimum atomic E-state index is 0.361. The zero-order valence-corrected chi connectivity index (χ0v) is 16.1. The van der Waals surface area contributed by atoms with Crippen molar-refractivity contribution in [2.75, 3.05) is 6.61 Å². The second-order valence-electron chi connectivity index (χ2n) is 6.31. The van der Waals surface area contributed by atoms with Crippen LogP contribution >= 0.6 is 11.3 Å². The summed E-state index contributed by atoms with van der Waals surface area (Å²) in [6.45, 7) is 16.4. The number of hydrogen-bond donors (Lipinski definition) is 0. The molecule has 0 bridgehead atoms. The van der Waals surface area contributed by atoms with Gasteiger partial charge < -0.3 is 4.74 Å². The van der Waals surface area contributed by atoms with Gasteiger partial charge >= 0.3 is 0 Å². The molecule has 1 aromatic rings. The molecule has 2 atom stereocenters. The highest BCUT2D eigenvalue weighted by Gasteiger charge is 2.16. The van der Waals surface area contributed by atoms with Crippen LogP contribution in [0.25, 0.3) is 0 Å². The summed E-state index contributed by atoms with van der Waals surface area (Å²) in [6.07, 6.45) is 5.49. The Labute approximate surface area is 137 Å². The van der Waals surface area contributed by atoms with E-state index in [1.807, 2.05) is 11.3 Å². The van der Waals surface area contributed by atoms with Gasteiger partial charge in [0.2, 0.25) is 0 Å². The fourth-order valence-corrected chi connectivity index (χ4v) is 2.94. The molecule has 2 unspecified atom stereocenters. The second kappa shape index (κ2) is 12.2. The van der Waals surface area contributed by atoms with Gasteiger partial charge in [-0.15, -0.1) is 11.3 Å². The molecule has 0 radical (unpaired) electrons. The van der Waals surface area contributed by atoms with Gasteiger partial charge in [-0.05, 0) is 42.7 Å². The lowest BCUT2D eigenvalue weighted by Gasteiger charge is -2.23. The van der Waals surface area contributed by atoms with Gasteiger partial charge in [0, 0.05) is 11.3 Å². The van der Waals surface area contributed by atoms with E-state index in [0.717, 1.165) is 13.0 Å². The number of unbranched alkanes of at least 4 members (excludes halogenated alkanes) is 2. The monoisotopic (exact) mass is 312 g/mol. The summed E-state index contributed by atoms with van der Waals surface area (Å²) in [7, 11) is 0. The smallest absolute Gasteiger partial charge is 0.0575 e. The predicted octanol–water partition coefficient (Wildman–Crippen LogP) is 6.49. The molecule has 0 aliphatic heterocycles. The lowest BCUT2D eigenvalue weighted by molar-refractivity contribution is 0.0182. The second-order valence-corrected chi connectivity index (χ2v) is 7.31. The van der Waals surface area contributed by atoms with E-state index >= 15 is 0 Å². The first-order valence-electron chi connectivity index (χ1n) is 8.58. The average molecular weight is 313 g/mol. The van der Waals surface area contributed by atoms with Crippen molar-refractivity contribution in [2.45, 2.75) is 80.3 Å². The lowest BCUT2D eigenvalue weighted by atomic mass is 9.93. The minimum Gasteiger partial charge on any atom is -0.378 e. The summed E-state index contributed by atoms with van der Waals surface area (Å²) < 4.78 is 5.90. The summed E-state index contributed by atoms with van der Waals surface area (Å²) in [5.74, 6) is 1.32. The molecule has 1 heterocycles. The molecule has 0 fully saturated rings. The number of thiophene rings is 1. The first-order chi connectivity index (χ1) is 9.93. The number of rotatable bonds is 8. The first kappa shape index (κ1) is 20.7. The molecule has 0 spiro atoms. The third-order valence-electron chi connectivity index (χ3n) is 4.18. The molecule has 124 valence electrons. The van der Waals surface area contributed by atoms with Crippen molar-refractivity contribution < 1.29 is 4.74 Å². The summed E-state index contributed by atoms with van der Waals surface area (Å²) >= 11 is 1.84. The molecule has 0 amide bonds. The molecular formula is C19H36OS. The van der Waals surface area contributed by atoms with Crippen molar-refractivity contribution in [1.82, 2.24) is 0 Å². The van der Waals surface area contributed by atoms with Crippen molar-refractivity contribution in [3.8, 4) is 0 Å². The van der Waals surface area contributed by atoms with Crippen LogP contribution in [-0.2, 0) is 11.2 Å². The van der Waals surface area contributed by atoms with Gasteiger partial charge in [-0.1, -0.05) is 53.9 Å². The van der Waals surface area contributed by atoms with Gasteiger partial charge in [-0.2, -0.15) is 0 Å². The van der Waals surface area contributed by atoms with Crippen LogP contribution in [0.2, 0.25) is 0 Å². The van der Waals surface area contributed by atoms with Crippen molar-refractivity contribution in [1.29, 1.82) is 0 Å². The molecule has 0 aromatic carbocycles. The third kappa shape index (κ3) is 9.31. The summed E-state index contributed by atoms with van der Waals surface area (Å²) in [5, 5.41) is 2.16. The molecule has 1 aromatic heterocycles. The zero-order chi connectivity index (χ0) is 16.3. The van der Waals surface area contributed by atoms with Crippen molar-refractivity contribution in [3.05, 3.63) is 21.9 Å². The van der Waals surface area contributed by atoms with Crippen LogP contribution in [0.3, 0.4) is 0 Å². The Morgan fingerprint density at radius 2 is 1.71 bits per heavy atom. The zero-order valence-electron chi connectivity index (χ0n) is 15.2. The molecular weight excluding hydrogens is 276 g/mol. The molecule has 0 saturated carbocycles. The van der Waals surface area contributed by atoms with Crippen LogP contribution in [0.5, 0.6) is 0 Å². The van der Waals surface area contributed by atoms with E-state index in [2.05, 4.69) is 59.9 Å². The van der Waals surface area contributed by atoms with Gasteiger partial charge in [0.15, 0.2) is 0 Å². The fraction of sp³-hybridized carbons (Fsp3) is 0.789. The molecule has 0 saturated heterocycles. The molecule has 2 heteroatoms. The maximum absolute atomic E-state index is 5.90. The fourth-order valence-electron chi connectivity index (χ4n) is 2.05. The van der Waals surface area contributed by atoms with Crippen LogP contribution in [0.15, 0.2) is 11.4 Å². The average Bonchev–Trinajstić information content (AvgIpc) is 2.85. The largest absolute Gasteiger partial charge is 0.378 e. The Bertz CT molecular complexity index is 341. The van der Waals surface area contributed by atoms with E-state index in [9.17, 15) is 0 Å². The summed E-state index contributed by atoms with van der Waals surface area (Å²) in [6, 6.07) is 2.18. The molecule has 0 N–H and O–H groups in total. The number of hydrogen-bond acceptors (Lipinski definition) is 2. The molecule has 1 rings (SSSR count). The molecule has 21 heavy (non-hydrogen) atoms. The van der Waals surface area contributed by atoms with E-state index in [0.29, 0.717) is 17.9 Å². The van der Waals surface area contributed by atoms with Crippen LogP contribution in [0.4, 0.5) is 0 Å². The van der Waals surface area contributed by atoms with Gasteiger partial charge in [0.05, 0.1) is 12.7 Å². The standard InChI is InChI=1S/C14H24OS.C5H12/c1-10(2)12(4)13(5)15-8-6-14-11(3)7-9-16-14;1-3-5-4-2/h7,9-10,12-13H,6,8H2,1-5H3;3-5H2,1-2H3. The Morgan fingerprint density at radius 1 is 1.10 bits per heavy atom. The maximum atomic E-state index is 5.90. The van der Waals surface area contributed by atoms with Gasteiger partial charge in [-0.3, -0.25) is 0 Å². The Morgan fingerprint density at radius 3 is 2.10 bits per heavy atom. The molecule has 0 aliphatic rings. The quantitative estimate of drug-likeness (QED) is 0.533. The number of aryl methyl sites for hydroxylation is 1. The van der Waals surface area contributed by atoms with Gasteiger partial charge in [0.25, 0.3) is 0 Å². The van der Waals surface area contributed by atoms with Crippen molar-refractivity contribution in [3.63, 3.8) is 0 Å². The topological polar surface area (TPSA) is 9.23 Å². The van der Waals surface area contributed by atoms with E-state index in [1.165, 1.54) is 29.7 Å². The maximum Gasteiger partial charge on any atom is 0.0575 e. The molecule has 1 nitrogen and oxygen atoms in total. The van der Waals surface area contributed by atoms with Crippen LogP contribution in [-0.4, -0.2) is 12.7 Å². The number of ether oxygens (including phenoxy) is 1. The predicted molar refractivity (Wildman–Crippen MR) is 97.4 cm³/mol. The van der Waals surface area contributed by atoms with Crippen LogP contribution in [0.1, 0.15) is 71.2 Å². The van der Waals surface area contributed by atoms with Crippen molar-refractivity contribution in [2.24, 2.45) is 11.8 Å². The molecule has 0 aliphatic carbocycles. The van der Waals surface area contributed by atoms with Gasteiger partial charge in [-0.25, -0.2) is 0 Å². The van der Waals surface area contributed by atoms with Gasteiger partial charge in [0.1, 0.15) is 0 Å². The first-order valence-corrected chi connectivity index (χ1v) is 9.46. The lowest BCUT2D eigenvalue weighted by Crippen LogP contribution is -2.23. The minimum absolute atomic E-state index is 0.361. The Balaban J connectivity index is 0.000000690. The van der Waals surface area contributed by atoms with Crippen LogP contribution < -0.4 is 0 Å². The third-order valence-corrected chi connectivity index (χ3v) is 5.26. The van der Waals surface area contributed by atoms with E-state index in [1.54, 1.807) is 0 Å². The van der Waals surface area contributed by atoms with Crippen molar-refractivity contribution >= 4 is 11.3 Å². The SMILES string of the molecule is CCCCC.Cc1ccsc1CCOC(C)C(C)C(C)C. The van der Waals surface area contributed by atoms with Crippen LogP contribution in [0, 0.1) is 18.8 Å². The van der Waals surface area contributed by atoms with E-state index in [4.69, 9.17) is 4.74 Å². The van der Waals surface area contributed by atoms with E-state index in [-0.39, 0.29) is 0 Å². The highest BCUT2D eigenvalue weighted by atomic mass is 32.1. The summed E-state index contributed by atoms with van der Waals surface area (Å²) in [5.41, 5.74) is 1.40. The Kier molecular flexibility index (Phi) is 12.0.